The van der Waals surface area contributed by atoms with Crippen LogP contribution in [0, 0.1) is 0 Å². The Morgan fingerprint density at radius 1 is 1.23 bits per heavy atom. The van der Waals surface area contributed by atoms with E-state index < -0.39 is 0 Å². The molecule has 1 saturated heterocycles. The number of likely N-dealkylation sites (tertiary alicyclic amines) is 1. The number of anilines is 1. The summed E-state index contributed by atoms with van der Waals surface area (Å²) in [6.07, 6.45) is 5.82. The second kappa shape index (κ2) is 7.17. The Morgan fingerprint density at radius 3 is 2.92 bits per heavy atom. The van der Waals surface area contributed by atoms with Crippen LogP contribution in [-0.4, -0.2) is 51.4 Å². The first-order chi connectivity index (χ1) is 12.6. The Kier molecular flexibility index (Phi) is 4.74. The average molecular weight is 414 g/mol. The third-order valence-corrected chi connectivity index (χ3v) is 5.25. The minimum absolute atomic E-state index is 0.168. The molecule has 0 bridgehead atoms. The maximum atomic E-state index is 10.3. The van der Waals surface area contributed by atoms with E-state index in [2.05, 4.69) is 48.4 Å². The van der Waals surface area contributed by atoms with Gasteiger partial charge in [0.2, 0.25) is 0 Å². The van der Waals surface area contributed by atoms with Gasteiger partial charge in [0.05, 0.1) is 0 Å². The fraction of sp³-hybridized carbons (Fsp3) is 0.316. The summed E-state index contributed by atoms with van der Waals surface area (Å²) in [6.45, 7) is 2.12. The molecule has 0 spiro atoms. The number of phenols is 1. The number of aromatic nitrogens is 3. The molecule has 7 heteroatoms. The van der Waals surface area contributed by atoms with Crippen molar-refractivity contribution < 1.29 is 5.11 Å². The lowest BCUT2D eigenvalue weighted by Crippen LogP contribution is -2.40. The van der Waals surface area contributed by atoms with Crippen LogP contribution >= 0.6 is 15.9 Å². The molecule has 0 amide bonds. The number of nitrogens with one attached hydrogen (secondary N) is 1. The van der Waals surface area contributed by atoms with E-state index in [0.717, 1.165) is 40.6 Å². The molecule has 26 heavy (non-hydrogen) atoms. The largest absolute Gasteiger partial charge is 0.507 e. The zero-order valence-corrected chi connectivity index (χ0v) is 16.1. The van der Waals surface area contributed by atoms with Crippen LogP contribution in [-0.2, 0) is 0 Å². The van der Waals surface area contributed by atoms with Gasteiger partial charge in [-0.2, -0.15) is 0 Å². The fourth-order valence-electron chi connectivity index (χ4n) is 3.49. The normalized spacial score (nSPS) is 18.2. The molecule has 1 aromatic carbocycles. The monoisotopic (exact) mass is 413 g/mol. The third-order valence-electron chi connectivity index (χ3n) is 4.76. The molecule has 1 atom stereocenters. The number of halogens is 1. The van der Waals surface area contributed by atoms with Crippen LogP contribution in [0.3, 0.4) is 0 Å². The second-order valence-electron chi connectivity index (χ2n) is 6.73. The number of hydrogen-bond acceptors (Lipinski definition) is 6. The van der Waals surface area contributed by atoms with Gasteiger partial charge in [-0.25, -0.2) is 0 Å². The second-order valence-corrected chi connectivity index (χ2v) is 7.64. The molecule has 1 aliphatic heterocycles. The summed E-state index contributed by atoms with van der Waals surface area (Å²) in [5.41, 5.74) is 1.31. The van der Waals surface area contributed by atoms with Crippen molar-refractivity contribution >= 4 is 32.5 Å². The number of likely N-dealkylation sites (N-methyl/N-ethyl adjacent to an activating group) is 1. The number of hydrogen-bond donors (Lipinski definition) is 2. The van der Waals surface area contributed by atoms with Crippen molar-refractivity contribution in [3.63, 3.8) is 0 Å². The van der Waals surface area contributed by atoms with Gasteiger partial charge in [-0.05, 0) is 50.7 Å². The van der Waals surface area contributed by atoms with Gasteiger partial charge in [0, 0.05) is 45.8 Å². The van der Waals surface area contributed by atoms with Gasteiger partial charge in [0.1, 0.15) is 11.4 Å². The summed E-state index contributed by atoms with van der Waals surface area (Å²) in [7, 11) is 2.14. The lowest BCUT2D eigenvalue weighted by atomic mass is 10.0. The van der Waals surface area contributed by atoms with Gasteiger partial charge in [0.25, 0.3) is 0 Å². The van der Waals surface area contributed by atoms with E-state index >= 15 is 0 Å². The predicted octanol–water partition coefficient (Wildman–Crippen LogP) is 3.67. The van der Waals surface area contributed by atoms with Crippen LogP contribution in [0.15, 0.2) is 41.1 Å². The van der Waals surface area contributed by atoms with E-state index in [-0.39, 0.29) is 5.75 Å². The highest BCUT2D eigenvalue weighted by Crippen LogP contribution is 2.35. The van der Waals surface area contributed by atoms with Crippen LogP contribution in [0.5, 0.6) is 5.75 Å². The fourth-order valence-corrected chi connectivity index (χ4v) is 3.83. The van der Waals surface area contributed by atoms with E-state index in [1.54, 1.807) is 18.5 Å². The highest BCUT2D eigenvalue weighted by atomic mass is 79.9. The minimum Gasteiger partial charge on any atom is -0.507 e. The molecule has 0 unspecified atom stereocenters. The van der Waals surface area contributed by atoms with Gasteiger partial charge >= 0.3 is 0 Å². The third kappa shape index (κ3) is 3.37. The van der Waals surface area contributed by atoms with Crippen molar-refractivity contribution in [1.29, 1.82) is 0 Å². The summed E-state index contributed by atoms with van der Waals surface area (Å²) in [6, 6.07) is 7.64. The zero-order chi connectivity index (χ0) is 18.1. The van der Waals surface area contributed by atoms with Gasteiger partial charge in [-0.1, -0.05) is 15.9 Å². The highest BCUT2D eigenvalue weighted by molar-refractivity contribution is 9.10. The quantitative estimate of drug-likeness (QED) is 0.682. The smallest absolute Gasteiger partial charge is 0.158 e. The minimum atomic E-state index is 0.168. The van der Waals surface area contributed by atoms with Gasteiger partial charge in [-0.3, -0.25) is 4.98 Å². The Hall–Kier alpha value is -2.25. The number of nitrogens with zero attached hydrogens (tertiary/aromatic N) is 4. The standard InChI is InChI=1S/C19H20BrN5O/c1-25-8-2-3-13(11-25)22-19-16-10-21-7-6-14(16)18(23-24-19)15-5-4-12(20)9-17(15)26/h4-7,9-10,13,26H,2-3,8,11H2,1H3,(H,22,24)/t13-/m1/s1. The Labute approximate surface area is 160 Å². The molecule has 0 aliphatic carbocycles. The number of rotatable bonds is 3. The summed E-state index contributed by atoms with van der Waals surface area (Å²) >= 11 is 3.37. The van der Waals surface area contributed by atoms with Gasteiger partial charge < -0.3 is 15.3 Å². The number of phenolic OH excluding ortho intramolecular Hbond substituents is 1. The summed E-state index contributed by atoms with van der Waals surface area (Å²) < 4.78 is 0.817. The molecule has 2 N–H and O–H groups in total. The molecular weight excluding hydrogens is 394 g/mol. The zero-order valence-electron chi connectivity index (χ0n) is 14.5. The van der Waals surface area contributed by atoms with E-state index in [1.807, 2.05) is 18.2 Å². The SMILES string of the molecule is CN1CCC[C@@H](Nc2nnc(-c3ccc(Br)cc3O)c3ccncc23)C1. The highest BCUT2D eigenvalue weighted by Gasteiger charge is 2.20. The lowest BCUT2D eigenvalue weighted by Gasteiger charge is -2.30. The Balaban J connectivity index is 1.76. The number of piperidine rings is 1. The molecular formula is C19H20BrN5O. The van der Waals surface area contributed by atoms with Crippen molar-refractivity contribution in [1.82, 2.24) is 20.1 Å². The first-order valence-electron chi connectivity index (χ1n) is 8.66. The Morgan fingerprint density at radius 2 is 2.12 bits per heavy atom. The Bertz CT molecular complexity index is 948. The van der Waals surface area contributed by atoms with Crippen LogP contribution in [0.2, 0.25) is 0 Å². The molecule has 6 nitrogen and oxygen atoms in total. The van der Waals surface area contributed by atoms with Gasteiger partial charge in [-0.15, -0.1) is 10.2 Å². The van der Waals surface area contributed by atoms with E-state index in [9.17, 15) is 5.11 Å². The summed E-state index contributed by atoms with van der Waals surface area (Å²) in [4.78, 5) is 6.59. The van der Waals surface area contributed by atoms with Crippen LogP contribution in [0.25, 0.3) is 22.0 Å². The molecule has 0 saturated carbocycles. The lowest BCUT2D eigenvalue weighted by molar-refractivity contribution is 0.261. The average Bonchev–Trinajstić information content (AvgIpc) is 2.63. The molecule has 0 radical (unpaired) electrons. The van der Waals surface area contributed by atoms with Crippen LogP contribution < -0.4 is 5.32 Å². The van der Waals surface area contributed by atoms with E-state index in [0.29, 0.717) is 17.3 Å². The van der Waals surface area contributed by atoms with Crippen molar-refractivity contribution in [2.75, 3.05) is 25.5 Å². The maximum Gasteiger partial charge on any atom is 0.158 e. The molecule has 3 aromatic rings. The van der Waals surface area contributed by atoms with Crippen LogP contribution in [0.4, 0.5) is 5.82 Å². The number of aromatic hydroxyl groups is 1. The number of fused-ring (bicyclic) bond motifs is 1. The van der Waals surface area contributed by atoms with E-state index in [4.69, 9.17) is 0 Å². The maximum absolute atomic E-state index is 10.3. The van der Waals surface area contributed by atoms with Gasteiger partial charge in [0.15, 0.2) is 5.82 Å². The van der Waals surface area contributed by atoms with Crippen LogP contribution in [0.1, 0.15) is 12.8 Å². The summed E-state index contributed by atoms with van der Waals surface area (Å²) in [5.74, 6) is 0.912. The van der Waals surface area contributed by atoms with Crippen molar-refractivity contribution in [3.8, 4) is 17.0 Å². The first-order valence-corrected chi connectivity index (χ1v) is 9.45. The molecule has 3 heterocycles. The molecule has 2 aromatic heterocycles. The molecule has 4 rings (SSSR count). The number of benzene rings is 1. The van der Waals surface area contributed by atoms with E-state index in [1.165, 1.54) is 6.42 Å². The molecule has 1 fully saturated rings. The van der Waals surface area contributed by atoms with Crippen molar-refractivity contribution in [2.45, 2.75) is 18.9 Å². The predicted molar refractivity (Wildman–Crippen MR) is 106 cm³/mol. The van der Waals surface area contributed by atoms with Crippen molar-refractivity contribution in [3.05, 3.63) is 41.1 Å². The number of pyridine rings is 1. The molecule has 134 valence electrons. The van der Waals surface area contributed by atoms with Crippen molar-refractivity contribution in [2.24, 2.45) is 0 Å². The molecule has 1 aliphatic rings. The first kappa shape index (κ1) is 17.2. The summed E-state index contributed by atoms with van der Waals surface area (Å²) in [5, 5.41) is 24.5. The topological polar surface area (TPSA) is 74.2 Å².